The van der Waals surface area contributed by atoms with E-state index in [0.29, 0.717) is 21.9 Å². The first kappa shape index (κ1) is 10.9. The standard InChI is InChI=1S/C38H24O/c1-2-12-25(13-3-1)26-14-10-15-27(24-26)36-28-16-4-6-18-30(28)37(31-19-7-5-17-29(31)36)33-21-11-23-35-38(33)32-20-8-9-22-34(32)39-35/h1-24H/i1D,2D,3D,4D,5D,6D,7D,10D,12D,13D,14D,15D,16D,17D,18D,19D,24D. The van der Waals surface area contributed by atoms with Gasteiger partial charge in [0.05, 0.1) is 23.3 Å². The van der Waals surface area contributed by atoms with E-state index in [1.165, 1.54) is 0 Å². The van der Waals surface area contributed by atoms with Gasteiger partial charge >= 0.3 is 0 Å². The van der Waals surface area contributed by atoms with Gasteiger partial charge in [-0.05, 0) is 73.1 Å². The molecule has 8 aromatic rings. The fourth-order valence-electron chi connectivity index (χ4n) is 5.10. The molecule has 0 unspecified atom stereocenters. The molecule has 8 rings (SSSR count). The molecule has 1 heterocycles. The van der Waals surface area contributed by atoms with Crippen molar-refractivity contribution < 1.29 is 27.7 Å². The smallest absolute Gasteiger partial charge is 0.136 e. The van der Waals surface area contributed by atoms with Crippen molar-refractivity contribution in [1.82, 2.24) is 0 Å². The molecule has 0 aliphatic carbocycles. The van der Waals surface area contributed by atoms with Crippen LogP contribution in [-0.4, -0.2) is 0 Å². The van der Waals surface area contributed by atoms with E-state index in [1.54, 1.807) is 42.5 Å². The predicted molar refractivity (Wildman–Crippen MR) is 165 cm³/mol. The normalized spacial score (nSPS) is 17.7. The van der Waals surface area contributed by atoms with Gasteiger partial charge in [0.1, 0.15) is 11.2 Å². The van der Waals surface area contributed by atoms with Gasteiger partial charge in [-0.15, -0.1) is 0 Å². The average Bonchev–Trinajstić information content (AvgIpc) is 3.58. The van der Waals surface area contributed by atoms with Crippen LogP contribution in [0.3, 0.4) is 0 Å². The molecule has 0 saturated carbocycles. The average molecular weight is 514 g/mol. The van der Waals surface area contributed by atoms with Crippen molar-refractivity contribution >= 4 is 43.5 Å². The molecule has 39 heavy (non-hydrogen) atoms. The molecule has 7 aromatic carbocycles. The lowest BCUT2D eigenvalue weighted by Gasteiger charge is -2.18. The van der Waals surface area contributed by atoms with Crippen LogP contribution in [-0.2, 0) is 0 Å². The van der Waals surface area contributed by atoms with Crippen LogP contribution in [0.1, 0.15) is 23.3 Å². The largest absolute Gasteiger partial charge is 0.456 e. The van der Waals surface area contributed by atoms with Crippen molar-refractivity contribution in [3.63, 3.8) is 0 Å². The molecule has 1 nitrogen and oxygen atoms in total. The molecule has 182 valence electrons. The van der Waals surface area contributed by atoms with Crippen molar-refractivity contribution in [3.8, 4) is 33.4 Å². The first-order valence-electron chi connectivity index (χ1n) is 20.5. The Morgan fingerprint density at radius 1 is 0.436 bits per heavy atom. The zero-order valence-electron chi connectivity index (χ0n) is 36.9. The maximum Gasteiger partial charge on any atom is 0.136 e. The highest BCUT2D eigenvalue weighted by Crippen LogP contribution is 2.47. The van der Waals surface area contributed by atoms with Crippen LogP contribution in [0.5, 0.6) is 0 Å². The van der Waals surface area contributed by atoms with E-state index in [-0.39, 0.29) is 32.7 Å². The van der Waals surface area contributed by atoms with Crippen LogP contribution in [0.15, 0.2) is 150 Å². The topological polar surface area (TPSA) is 13.1 Å². The summed E-state index contributed by atoms with van der Waals surface area (Å²) in [6, 6.07) is -0.985. The molecular formula is C38H24O. The van der Waals surface area contributed by atoms with Crippen LogP contribution in [0.25, 0.3) is 76.9 Å². The summed E-state index contributed by atoms with van der Waals surface area (Å²) in [7, 11) is 0. The Bertz CT molecular complexity index is 3000. The fraction of sp³-hybridized carbons (Fsp3) is 0. The number of hydrogen-bond donors (Lipinski definition) is 0. The summed E-state index contributed by atoms with van der Waals surface area (Å²) >= 11 is 0. The molecule has 0 N–H and O–H groups in total. The van der Waals surface area contributed by atoms with E-state index in [2.05, 4.69) is 0 Å². The Kier molecular flexibility index (Phi) is 2.44. The van der Waals surface area contributed by atoms with Crippen LogP contribution >= 0.6 is 0 Å². The first-order valence-corrected chi connectivity index (χ1v) is 12.0. The highest BCUT2D eigenvalue weighted by Gasteiger charge is 2.20. The molecule has 0 aliphatic rings. The lowest BCUT2D eigenvalue weighted by Crippen LogP contribution is -1.91. The van der Waals surface area contributed by atoms with Crippen molar-refractivity contribution in [2.75, 3.05) is 0 Å². The summed E-state index contributed by atoms with van der Waals surface area (Å²) in [4.78, 5) is 0. The van der Waals surface area contributed by atoms with Gasteiger partial charge in [0.2, 0.25) is 0 Å². The summed E-state index contributed by atoms with van der Waals surface area (Å²) in [6.45, 7) is 0. The van der Waals surface area contributed by atoms with E-state index in [1.807, 2.05) is 0 Å². The molecule has 1 aromatic heterocycles. The van der Waals surface area contributed by atoms with Crippen LogP contribution in [0.2, 0.25) is 0 Å². The van der Waals surface area contributed by atoms with Crippen molar-refractivity contribution in [2.45, 2.75) is 0 Å². The predicted octanol–water partition coefficient (Wildman–Crippen LogP) is 10.9. The molecular weight excluding hydrogens is 472 g/mol. The number of furan rings is 1. The van der Waals surface area contributed by atoms with E-state index >= 15 is 0 Å². The fourth-order valence-corrected chi connectivity index (χ4v) is 5.10. The lowest BCUT2D eigenvalue weighted by atomic mass is 9.84. The molecule has 0 spiro atoms. The van der Waals surface area contributed by atoms with Gasteiger partial charge in [-0.1, -0.05) is 127 Å². The number of para-hydroxylation sites is 1. The molecule has 0 saturated heterocycles. The third-order valence-corrected chi connectivity index (χ3v) is 6.67. The Balaban J connectivity index is 1.72. The maximum atomic E-state index is 9.52. The van der Waals surface area contributed by atoms with Gasteiger partial charge in [-0.3, -0.25) is 0 Å². The molecule has 0 radical (unpaired) electrons. The Morgan fingerprint density at radius 2 is 1.03 bits per heavy atom. The minimum Gasteiger partial charge on any atom is -0.456 e. The third kappa shape index (κ3) is 3.41. The van der Waals surface area contributed by atoms with Gasteiger partial charge in [0.15, 0.2) is 0 Å². The molecule has 0 amide bonds. The minimum atomic E-state index is -0.875. The number of hydrogen-bond acceptors (Lipinski definition) is 1. The summed E-state index contributed by atoms with van der Waals surface area (Å²) in [5.41, 5.74) is -1.26. The van der Waals surface area contributed by atoms with Crippen molar-refractivity contribution in [1.29, 1.82) is 0 Å². The Hall–Kier alpha value is -5.14. The molecule has 0 bridgehead atoms. The Morgan fingerprint density at radius 3 is 1.77 bits per heavy atom. The second-order valence-electron chi connectivity index (χ2n) is 8.78. The zero-order valence-corrected chi connectivity index (χ0v) is 19.9. The number of benzene rings is 7. The van der Waals surface area contributed by atoms with Gasteiger partial charge in [0, 0.05) is 10.8 Å². The van der Waals surface area contributed by atoms with E-state index in [9.17, 15) is 6.85 Å². The third-order valence-electron chi connectivity index (χ3n) is 6.67. The minimum absolute atomic E-state index is 0.0259. The van der Waals surface area contributed by atoms with E-state index in [0.717, 1.165) is 0 Å². The summed E-state index contributed by atoms with van der Waals surface area (Å²) in [6.07, 6.45) is 0. The zero-order chi connectivity index (χ0) is 40.6. The van der Waals surface area contributed by atoms with Gasteiger partial charge in [-0.25, -0.2) is 0 Å². The van der Waals surface area contributed by atoms with Crippen LogP contribution in [0, 0.1) is 0 Å². The van der Waals surface area contributed by atoms with Crippen molar-refractivity contribution in [3.05, 3.63) is 145 Å². The highest BCUT2D eigenvalue weighted by molar-refractivity contribution is 6.25. The maximum absolute atomic E-state index is 9.52. The molecule has 0 aliphatic heterocycles. The monoisotopic (exact) mass is 513 g/mol. The quantitative estimate of drug-likeness (QED) is 0.214. The lowest BCUT2D eigenvalue weighted by molar-refractivity contribution is 0.669. The number of rotatable bonds is 3. The van der Waals surface area contributed by atoms with Crippen molar-refractivity contribution in [2.24, 2.45) is 0 Å². The Labute approximate surface area is 250 Å². The molecule has 1 heteroatoms. The van der Waals surface area contributed by atoms with Crippen LogP contribution in [0.4, 0.5) is 0 Å². The second-order valence-corrected chi connectivity index (χ2v) is 8.78. The summed E-state index contributed by atoms with van der Waals surface area (Å²) in [5.74, 6) is 0. The van der Waals surface area contributed by atoms with E-state index in [4.69, 9.17) is 20.9 Å². The van der Waals surface area contributed by atoms with Gasteiger partial charge < -0.3 is 4.42 Å². The number of fused-ring (bicyclic) bond motifs is 5. The molecule has 0 atom stereocenters. The summed E-state index contributed by atoms with van der Waals surface area (Å²) in [5, 5.41) is -0.174. The van der Waals surface area contributed by atoms with Gasteiger partial charge in [0.25, 0.3) is 0 Å². The second kappa shape index (κ2) is 8.72. The van der Waals surface area contributed by atoms with E-state index < -0.39 is 125 Å². The van der Waals surface area contributed by atoms with Gasteiger partial charge in [-0.2, -0.15) is 0 Å². The summed E-state index contributed by atoms with van der Waals surface area (Å²) < 4.78 is 157. The van der Waals surface area contributed by atoms with Crippen LogP contribution < -0.4 is 0 Å². The molecule has 0 fully saturated rings. The highest BCUT2D eigenvalue weighted by atomic mass is 16.3. The first-order chi connectivity index (χ1) is 26.4. The SMILES string of the molecule is [2H]c1c([2H])c([2H])c(-c2c([2H])c([2H])c([2H])c(-c3c4c([2H])c([2H])c([2H])c([2H])c4c(-c4cccc5oc6ccccc6c45)c4c([2H])c([2H])c([2H])c([2H])c34)c2[2H])c([2H])c1[2H].